The fraction of sp³-hybridized carbons (Fsp3) is 0.571. The van der Waals surface area contributed by atoms with E-state index in [-0.39, 0.29) is 6.61 Å². The monoisotopic (exact) mass is 313 g/mol. The predicted molar refractivity (Wildman–Crippen MR) is 75.9 cm³/mol. The van der Waals surface area contributed by atoms with Gasteiger partial charge in [0.2, 0.25) is 0 Å². The van der Waals surface area contributed by atoms with Gasteiger partial charge in [0.15, 0.2) is 0 Å². The Morgan fingerprint density at radius 2 is 2.28 bits per heavy atom. The molecule has 0 fully saturated rings. The van der Waals surface area contributed by atoms with Gasteiger partial charge >= 0.3 is 0 Å². The molecule has 0 saturated heterocycles. The number of hydrogen-bond acceptors (Lipinski definition) is 3. The summed E-state index contributed by atoms with van der Waals surface area (Å²) in [4.78, 5) is 0. The van der Waals surface area contributed by atoms with E-state index in [4.69, 9.17) is 9.84 Å². The Kier molecular flexibility index (Phi) is 5.47. The number of unbranched alkanes of at least 4 members (excludes halogenated alkanes) is 1. The summed E-state index contributed by atoms with van der Waals surface area (Å²) in [5.41, 5.74) is 1.25. The van der Waals surface area contributed by atoms with Gasteiger partial charge in [-0.2, -0.15) is 0 Å². The first-order valence-corrected chi connectivity index (χ1v) is 7.37. The van der Waals surface area contributed by atoms with Crippen LogP contribution in [-0.2, 0) is 0 Å². The van der Waals surface area contributed by atoms with Gasteiger partial charge < -0.3 is 15.2 Å². The average Bonchev–Trinajstić information content (AvgIpc) is 2.56. The standard InChI is InChI=1S/C14H20BrNO2/c15-11-5-6-12-13(16-7-1-2-8-17)4-3-9-18-14(12)10-11/h5-6,10,13,16-17H,1-4,7-9H2. The van der Waals surface area contributed by atoms with E-state index in [1.807, 2.05) is 6.07 Å². The first kappa shape index (κ1) is 13.8. The molecule has 0 amide bonds. The number of aliphatic hydroxyl groups excluding tert-OH is 1. The van der Waals surface area contributed by atoms with Crippen molar-refractivity contribution in [3.8, 4) is 5.75 Å². The van der Waals surface area contributed by atoms with E-state index < -0.39 is 0 Å². The summed E-state index contributed by atoms with van der Waals surface area (Å²) < 4.78 is 6.83. The van der Waals surface area contributed by atoms with E-state index in [2.05, 4.69) is 33.4 Å². The smallest absolute Gasteiger partial charge is 0.125 e. The zero-order chi connectivity index (χ0) is 12.8. The Morgan fingerprint density at radius 1 is 1.39 bits per heavy atom. The van der Waals surface area contributed by atoms with Crippen molar-refractivity contribution in [2.75, 3.05) is 19.8 Å². The maximum atomic E-state index is 8.78. The quantitative estimate of drug-likeness (QED) is 0.821. The third-order valence-corrected chi connectivity index (χ3v) is 3.71. The molecule has 1 aliphatic rings. The van der Waals surface area contributed by atoms with Crippen LogP contribution in [0.4, 0.5) is 0 Å². The van der Waals surface area contributed by atoms with Crippen LogP contribution in [0.3, 0.4) is 0 Å². The number of ether oxygens (including phenoxy) is 1. The van der Waals surface area contributed by atoms with Crippen LogP contribution in [-0.4, -0.2) is 24.9 Å². The van der Waals surface area contributed by atoms with E-state index in [1.165, 1.54) is 5.56 Å². The van der Waals surface area contributed by atoms with E-state index in [0.717, 1.165) is 49.1 Å². The second-order valence-corrected chi connectivity index (χ2v) is 5.53. The Bertz CT molecular complexity index is 384. The zero-order valence-electron chi connectivity index (χ0n) is 10.5. The van der Waals surface area contributed by atoms with E-state index in [0.29, 0.717) is 6.04 Å². The van der Waals surface area contributed by atoms with Gasteiger partial charge in [0.1, 0.15) is 5.75 Å². The van der Waals surface area contributed by atoms with Crippen LogP contribution in [0.5, 0.6) is 5.75 Å². The summed E-state index contributed by atoms with van der Waals surface area (Å²) >= 11 is 3.48. The van der Waals surface area contributed by atoms with Crippen molar-refractivity contribution in [1.82, 2.24) is 5.32 Å². The first-order valence-electron chi connectivity index (χ1n) is 6.58. The highest BCUT2D eigenvalue weighted by atomic mass is 79.9. The molecule has 2 rings (SSSR count). The van der Waals surface area contributed by atoms with Crippen molar-refractivity contribution in [3.63, 3.8) is 0 Å². The third kappa shape index (κ3) is 3.70. The summed E-state index contributed by atoms with van der Waals surface area (Å²) in [6.07, 6.45) is 4.06. The molecule has 1 unspecified atom stereocenters. The van der Waals surface area contributed by atoms with Crippen molar-refractivity contribution in [1.29, 1.82) is 0 Å². The summed E-state index contributed by atoms with van der Waals surface area (Å²) in [6, 6.07) is 6.61. The Labute approximate surface area is 117 Å². The van der Waals surface area contributed by atoms with Crippen molar-refractivity contribution in [2.45, 2.75) is 31.7 Å². The zero-order valence-corrected chi connectivity index (χ0v) is 12.1. The molecule has 0 aliphatic carbocycles. The highest BCUT2D eigenvalue weighted by molar-refractivity contribution is 9.10. The van der Waals surface area contributed by atoms with Crippen LogP contribution in [0, 0.1) is 0 Å². The largest absolute Gasteiger partial charge is 0.493 e. The number of halogens is 1. The molecular weight excluding hydrogens is 294 g/mol. The Hall–Kier alpha value is -0.580. The maximum absolute atomic E-state index is 8.78. The molecule has 2 N–H and O–H groups in total. The minimum absolute atomic E-state index is 0.277. The normalized spacial score (nSPS) is 18.9. The molecule has 1 aliphatic heterocycles. The summed E-state index contributed by atoms with van der Waals surface area (Å²) in [7, 11) is 0. The highest BCUT2D eigenvalue weighted by Crippen LogP contribution is 2.33. The minimum atomic E-state index is 0.277. The minimum Gasteiger partial charge on any atom is -0.493 e. The third-order valence-electron chi connectivity index (χ3n) is 3.22. The SMILES string of the molecule is OCCCCNC1CCCOc2cc(Br)ccc21. The van der Waals surface area contributed by atoms with Gasteiger partial charge in [0, 0.05) is 22.7 Å². The average molecular weight is 314 g/mol. The molecule has 1 heterocycles. The van der Waals surface area contributed by atoms with Crippen LogP contribution in [0.15, 0.2) is 22.7 Å². The highest BCUT2D eigenvalue weighted by Gasteiger charge is 2.19. The van der Waals surface area contributed by atoms with Crippen LogP contribution >= 0.6 is 15.9 Å². The summed E-state index contributed by atoms with van der Waals surface area (Å²) in [6.45, 7) is 2.01. The lowest BCUT2D eigenvalue weighted by Crippen LogP contribution is -2.22. The van der Waals surface area contributed by atoms with Gasteiger partial charge in [-0.1, -0.05) is 22.0 Å². The van der Waals surface area contributed by atoms with E-state index in [1.54, 1.807) is 0 Å². The number of benzene rings is 1. The molecule has 4 heteroatoms. The molecular formula is C14H20BrNO2. The topological polar surface area (TPSA) is 41.5 Å². The molecule has 1 aromatic carbocycles. The molecule has 0 aromatic heterocycles. The van der Waals surface area contributed by atoms with Crippen molar-refractivity contribution >= 4 is 15.9 Å². The van der Waals surface area contributed by atoms with Crippen LogP contribution in [0.1, 0.15) is 37.3 Å². The first-order chi connectivity index (χ1) is 8.81. The van der Waals surface area contributed by atoms with Gasteiger partial charge in [-0.3, -0.25) is 0 Å². The lowest BCUT2D eigenvalue weighted by molar-refractivity contribution is 0.282. The van der Waals surface area contributed by atoms with Crippen molar-refractivity contribution in [3.05, 3.63) is 28.2 Å². The Morgan fingerprint density at radius 3 is 3.11 bits per heavy atom. The fourth-order valence-corrected chi connectivity index (χ4v) is 2.61. The lowest BCUT2D eigenvalue weighted by Gasteiger charge is -2.18. The van der Waals surface area contributed by atoms with Crippen LogP contribution in [0.2, 0.25) is 0 Å². The van der Waals surface area contributed by atoms with E-state index in [9.17, 15) is 0 Å². The fourth-order valence-electron chi connectivity index (χ4n) is 2.27. The molecule has 18 heavy (non-hydrogen) atoms. The summed E-state index contributed by atoms with van der Waals surface area (Å²) in [5.74, 6) is 0.988. The Balaban J connectivity index is 2.02. The van der Waals surface area contributed by atoms with Crippen molar-refractivity contribution in [2.24, 2.45) is 0 Å². The number of hydrogen-bond donors (Lipinski definition) is 2. The van der Waals surface area contributed by atoms with Crippen molar-refractivity contribution < 1.29 is 9.84 Å². The van der Waals surface area contributed by atoms with Crippen LogP contribution in [0.25, 0.3) is 0 Å². The predicted octanol–water partition coefficient (Wildman–Crippen LogP) is 3.02. The molecule has 1 aromatic rings. The second-order valence-electron chi connectivity index (χ2n) is 4.61. The summed E-state index contributed by atoms with van der Waals surface area (Å²) in [5, 5.41) is 12.3. The second kappa shape index (κ2) is 7.12. The molecule has 0 spiro atoms. The molecule has 0 saturated carbocycles. The molecule has 1 atom stereocenters. The molecule has 0 radical (unpaired) electrons. The van der Waals surface area contributed by atoms with Gasteiger partial charge in [-0.15, -0.1) is 0 Å². The molecule has 3 nitrogen and oxygen atoms in total. The van der Waals surface area contributed by atoms with Gasteiger partial charge in [-0.05, 0) is 44.4 Å². The van der Waals surface area contributed by atoms with Crippen LogP contribution < -0.4 is 10.1 Å². The maximum Gasteiger partial charge on any atom is 0.125 e. The number of fused-ring (bicyclic) bond motifs is 1. The number of nitrogens with one attached hydrogen (secondary N) is 1. The van der Waals surface area contributed by atoms with Gasteiger partial charge in [-0.25, -0.2) is 0 Å². The van der Waals surface area contributed by atoms with Gasteiger partial charge in [0.25, 0.3) is 0 Å². The lowest BCUT2D eigenvalue weighted by atomic mass is 10.0. The van der Waals surface area contributed by atoms with E-state index >= 15 is 0 Å². The molecule has 0 bridgehead atoms. The van der Waals surface area contributed by atoms with Gasteiger partial charge in [0.05, 0.1) is 6.61 Å². The number of aliphatic hydroxyl groups is 1. The number of rotatable bonds is 5. The molecule has 100 valence electrons.